The van der Waals surface area contributed by atoms with Crippen molar-refractivity contribution in [2.24, 2.45) is 11.7 Å². The number of rotatable bonds is 6. The summed E-state index contributed by atoms with van der Waals surface area (Å²) in [6.07, 6.45) is -0.568. The molecule has 2 N–H and O–H groups in total. The Kier molecular flexibility index (Phi) is 5.67. The quantitative estimate of drug-likeness (QED) is 0.801. The molecule has 0 saturated carbocycles. The zero-order chi connectivity index (χ0) is 14.6. The molecular formula is C13H19BrF2N2O. The average Bonchev–Trinajstić information content (AvgIpc) is 2.25. The molecule has 0 fully saturated rings. The molecule has 1 atom stereocenters. The van der Waals surface area contributed by atoms with Crippen molar-refractivity contribution >= 4 is 15.9 Å². The van der Waals surface area contributed by atoms with Gasteiger partial charge >= 0.3 is 0 Å². The topological polar surface area (TPSA) is 48.1 Å². The number of aromatic nitrogens is 1. The summed E-state index contributed by atoms with van der Waals surface area (Å²) in [5.74, 6) is 0.495. The van der Waals surface area contributed by atoms with Crippen molar-refractivity contribution < 1.29 is 13.5 Å². The molecule has 0 aliphatic heterocycles. The molecule has 0 aromatic carbocycles. The lowest BCUT2D eigenvalue weighted by Gasteiger charge is -2.27. The number of halogens is 3. The van der Waals surface area contributed by atoms with Crippen molar-refractivity contribution in [1.29, 1.82) is 0 Å². The second-order valence-corrected chi connectivity index (χ2v) is 6.20. The van der Waals surface area contributed by atoms with Gasteiger partial charge in [0.25, 0.3) is 6.43 Å². The molecule has 0 bridgehead atoms. The fraction of sp³-hybridized carbons (Fsp3) is 0.615. The van der Waals surface area contributed by atoms with Crippen LogP contribution in [0.15, 0.2) is 16.9 Å². The molecule has 3 nitrogen and oxygen atoms in total. The Hall–Kier alpha value is -0.750. The van der Waals surface area contributed by atoms with Crippen LogP contribution in [-0.4, -0.2) is 17.1 Å². The van der Waals surface area contributed by atoms with E-state index < -0.39 is 12.0 Å². The van der Waals surface area contributed by atoms with Crippen LogP contribution >= 0.6 is 15.9 Å². The molecule has 6 heteroatoms. The van der Waals surface area contributed by atoms with Gasteiger partial charge in [-0.05, 0) is 41.3 Å². The first-order chi connectivity index (χ1) is 8.71. The van der Waals surface area contributed by atoms with Crippen molar-refractivity contribution in [2.45, 2.75) is 39.2 Å². The van der Waals surface area contributed by atoms with Gasteiger partial charge < -0.3 is 10.5 Å². The summed E-state index contributed by atoms with van der Waals surface area (Å²) < 4.78 is 31.5. The van der Waals surface area contributed by atoms with Gasteiger partial charge in [0.1, 0.15) is 17.0 Å². The highest BCUT2D eigenvalue weighted by atomic mass is 79.9. The van der Waals surface area contributed by atoms with Crippen molar-refractivity contribution in [1.82, 2.24) is 4.98 Å². The van der Waals surface area contributed by atoms with E-state index in [1.165, 1.54) is 12.3 Å². The Morgan fingerprint density at radius 3 is 2.63 bits per heavy atom. The largest absolute Gasteiger partial charge is 0.490 e. The van der Waals surface area contributed by atoms with Gasteiger partial charge in [-0.25, -0.2) is 13.8 Å². The number of hydrogen-bond acceptors (Lipinski definition) is 3. The first kappa shape index (κ1) is 16.3. The number of nitrogens with zero attached hydrogens (tertiary/aromatic N) is 1. The third-order valence-corrected chi connectivity index (χ3v) is 2.96. The highest BCUT2D eigenvalue weighted by Gasteiger charge is 2.23. The molecule has 0 amide bonds. The van der Waals surface area contributed by atoms with Crippen LogP contribution in [0, 0.1) is 5.92 Å². The van der Waals surface area contributed by atoms with E-state index in [9.17, 15) is 8.78 Å². The van der Waals surface area contributed by atoms with Gasteiger partial charge in [-0.15, -0.1) is 0 Å². The summed E-state index contributed by atoms with van der Waals surface area (Å²) in [4.78, 5) is 3.90. The smallest absolute Gasteiger partial charge is 0.267 e. The zero-order valence-corrected chi connectivity index (χ0v) is 12.9. The Balaban J connectivity index is 2.77. The van der Waals surface area contributed by atoms with Gasteiger partial charge in [0, 0.05) is 5.54 Å². The monoisotopic (exact) mass is 336 g/mol. The predicted molar refractivity (Wildman–Crippen MR) is 74.4 cm³/mol. The highest BCUT2D eigenvalue weighted by Crippen LogP contribution is 2.30. The number of alkyl halides is 2. The molecule has 19 heavy (non-hydrogen) atoms. The number of ether oxygens (including phenoxy) is 1. The Morgan fingerprint density at radius 2 is 2.11 bits per heavy atom. The van der Waals surface area contributed by atoms with E-state index in [2.05, 4.69) is 34.8 Å². The summed E-state index contributed by atoms with van der Waals surface area (Å²) >= 11 is 3.06. The molecule has 0 unspecified atom stereocenters. The van der Waals surface area contributed by atoms with E-state index in [4.69, 9.17) is 10.5 Å². The fourth-order valence-corrected chi connectivity index (χ4v) is 2.31. The Morgan fingerprint density at radius 1 is 1.47 bits per heavy atom. The van der Waals surface area contributed by atoms with Gasteiger partial charge in [0.05, 0.1) is 11.8 Å². The minimum Gasteiger partial charge on any atom is -0.490 e. The summed E-state index contributed by atoms with van der Waals surface area (Å²) in [6, 6.07) is 1.26. The van der Waals surface area contributed by atoms with Crippen LogP contribution < -0.4 is 10.5 Å². The summed E-state index contributed by atoms with van der Waals surface area (Å²) in [7, 11) is 0. The van der Waals surface area contributed by atoms with Crippen molar-refractivity contribution in [3.63, 3.8) is 0 Å². The van der Waals surface area contributed by atoms with Crippen molar-refractivity contribution in [3.05, 3.63) is 22.4 Å². The van der Waals surface area contributed by atoms with E-state index in [-0.39, 0.29) is 17.9 Å². The molecular weight excluding hydrogens is 318 g/mol. The minimum absolute atomic E-state index is 0.0821. The van der Waals surface area contributed by atoms with Crippen LogP contribution in [-0.2, 0) is 0 Å². The molecule has 1 aromatic rings. The van der Waals surface area contributed by atoms with Gasteiger partial charge in [-0.2, -0.15) is 0 Å². The van der Waals surface area contributed by atoms with Crippen LogP contribution in [0.5, 0.6) is 5.75 Å². The number of hydrogen-bond donors (Lipinski definition) is 1. The van der Waals surface area contributed by atoms with E-state index in [0.29, 0.717) is 10.5 Å². The summed E-state index contributed by atoms with van der Waals surface area (Å²) in [5, 5.41) is 0. The molecule has 1 rings (SSSR count). The number of nitrogens with two attached hydrogens (primary N) is 1. The van der Waals surface area contributed by atoms with Crippen LogP contribution in [0.3, 0.4) is 0 Å². The maximum absolute atomic E-state index is 12.9. The lowest BCUT2D eigenvalue weighted by molar-refractivity contribution is 0.139. The van der Waals surface area contributed by atoms with Crippen molar-refractivity contribution in [3.8, 4) is 5.75 Å². The fourth-order valence-electron chi connectivity index (χ4n) is 1.96. The minimum atomic E-state index is -2.61. The molecule has 0 saturated heterocycles. The molecule has 1 aromatic heterocycles. The zero-order valence-electron chi connectivity index (χ0n) is 11.3. The second-order valence-electron chi connectivity index (χ2n) is 5.39. The first-order valence-electron chi connectivity index (χ1n) is 6.06. The Bertz CT molecular complexity index is 425. The summed E-state index contributed by atoms with van der Waals surface area (Å²) in [6.45, 7) is 6.13. The van der Waals surface area contributed by atoms with Gasteiger partial charge in [-0.1, -0.05) is 13.8 Å². The second kappa shape index (κ2) is 6.61. The first-order valence-corrected chi connectivity index (χ1v) is 6.86. The van der Waals surface area contributed by atoms with Crippen LogP contribution in [0.2, 0.25) is 0 Å². The molecule has 0 radical (unpaired) electrons. The number of pyridine rings is 1. The van der Waals surface area contributed by atoms with Gasteiger partial charge in [0.15, 0.2) is 0 Å². The highest BCUT2D eigenvalue weighted by molar-refractivity contribution is 9.10. The molecule has 1 heterocycles. The molecule has 0 spiro atoms. The van der Waals surface area contributed by atoms with Gasteiger partial charge in [0.2, 0.25) is 0 Å². The van der Waals surface area contributed by atoms with E-state index in [0.717, 1.165) is 6.42 Å². The maximum atomic E-state index is 12.9. The maximum Gasteiger partial charge on any atom is 0.267 e. The lowest BCUT2D eigenvalue weighted by atomic mass is 9.93. The standard InChI is InChI=1S/C13H19BrF2N2O/c1-8(2)5-13(3,17)7-19-10-6-18-11(14)4-9(10)12(15)16/h4,6,8,12H,5,7,17H2,1-3H3/t13-/m1/s1. The molecule has 0 aliphatic carbocycles. The normalized spacial score (nSPS) is 14.8. The SMILES string of the molecule is CC(C)C[C@@](C)(N)COc1cnc(Br)cc1C(F)F. The summed E-state index contributed by atoms with van der Waals surface area (Å²) in [5.41, 5.74) is 5.35. The van der Waals surface area contributed by atoms with E-state index in [1.807, 2.05) is 6.92 Å². The molecule has 0 aliphatic rings. The average molecular weight is 337 g/mol. The van der Waals surface area contributed by atoms with E-state index in [1.54, 1.807) is 0 Å². The van der Waals surface area contributed by atoms with Crippen molar-refractivity contribution in [2.75, 3.05) is 6.61 Å². The lowest BCUT2D eigenvalue weighted by Crippen LogP contribution is -2.43. The third kappa shape index (κ3) is 5.40. The van der Waals surface area contributed by atoms with Crippen LogP contribution in [0.25, 0.3) is 0 Å². The van der Waals surface area contributed by atoms with Crippen LogP contribution in [0.1, 0.15) is 39.2 Å². The van der Waals surface area contributed by atoms with Gasteiger partial charge in [-0.3, -0.25) is 0 Å². The third-order valence-electron chi connectivity index (χ3n) is 2.53. The van der Waals surface area contributed by atoms with E-state index >= 15 is 0 Å². The predicted octanol–water partition coefficient (Wildman–Crippen LogP) is 3.92. The molecule has 108 valence electrons. The Labute approximate surface area is 120 Å². The van der Waals surface area contributed by atoms with Crippen LogP contribution in [0.4, 0.5) is 8.78 Å².